The maximum atomic E-state index is 6.07. The van der Waals surface area contributed by atoms with Gasteiger partial charge in [-0.05, 0) is 73.9 Å². The third-order valence-electron chi connectivity index (χ3n) is 4.39. The number of nitrogens with one attached hydrogen (secondary N) is 2. The molecule has 2 N–H and O–H groups in total. The van der Waals surface area contributed by atoms with E-state index in [4.69, 9.17) is 23.8 Å². The second-order valence-corrected chi connectivity index (χ2v) is 7.63. The lowest BCUT2D eigenvalue weighted by atomic mass is 10.1. The van der Waals surface area contributed by atoms with E-state index in [0.29, 0.717) is 5.11 Å². The number of aryl methyl sites for hydroxylation is 3. The molecule has 0 unspecified atom stereocenters. The maximum absolute atomic E-state index is 6.07. The number of hydrazone groups is 1. The fourth-order valence-corrected chi connectivity index (χ4v) is 3.56. The number of halogens is 1. The van der Waals surface area contributed by atoms with E-state index in [0.717, 1.165) is 39.6 Å². The van der Waals surface area contributed by atoms with Gasteiger partial charge in [0.2, 0.25) is 0 Å². The summed E-state index contributed by atoms with van der Waals surface area (Å²) in [6.45, 7) is 6.94. The van der Waals surface area contributed by atoms with Crippen molar-refractivity contribution in [3.05, 3.63) is 87.7 Å². The van der Waals surface area contributed by atoms with Gasteiger partial charge in [0.15, 0.2) is 5.11 Å². The van der Waals surface area contributed by atoms with E-state index in [2.05, 4.69) is 59.4 Å². The Morgan fingerprint density at radius 1 is 1.11 bits per heavy atom. The van der Waals surface area contributed by atoms with Gasteiger partial charge in [-0.2, -0.15) is 5.10 Å². The SMILES string of the molecule is Cc1cc(C)c(NC(=S)N/N=C/c2cccn2Cc2cccc(Cl)c2)c(C)c1. The second kappa shape index (κ2) is 9.04. The van der Waals surface area contributed by atoms with Crippen LogP contribution < -0.4 is 10.7 Å². The summed E-state index contributed by atoms with van der Waals surface area (Å²) in [5.41, 5.74) is 9.56. The van der Waals surface area contributed by atoms with Crippen LogP contribution in [0.25, 0.3) is 0 Å². The van der Waals surface area contributed by atoms with Crippen molar-refractivity contribution in [3.8, 4) is 0 Å². The van der Waals surface area contributed by atoms with Crippen LogP contribution in [0.5, 0.6) is 0 Å². The Morgan fingerprint density at radius 3 is 2.57 bits per heavy atom. The van der Waals surface area contributed by atoms with Gasteiger partial charge in [0.25, 0.3) is 0 Å². The molecule has 6 heteroatoms. The normalized spacial score (nSPS) is 11.0. The molecule has 3 rings (SSSR count). The van der Waals surface area contributed by atoms with Crippen molar-refractivity contribution in [1.29, 1.82) is 0 Å². The number of anilines is 1. The Morgan fingerprint density at radius 2 is 1.86 bits per heavy atom. The first kappa shape index (κ1) is 20.1. The molecule has 4 nitrogen and oxygen atoms in total. The molecule has 0 aliphatic carbocycles. The standard InChI is InChI=1S/C22H23ClN4S/c1-15-10-16(2)21(17(3)11-15)25-22(28)26-24-13-20-8-5-9-27(20)14-18-6-4-7-19(23)12-18/h4-13H,14H2,1-3H3,(H2,25,26,28)/b24-13+. The molecule has 1 aromatic heterocycles. The van der Waals surface area contributed by atoms with Crippen molar-refractivity contribution < 1.29 is 0 Å². The van der Waals surface area contributed by atoms with Gasteiger partial charge < -0.3 is 9.88 Å². The fraction of sp³-hybridized carbons (Fsp3) is 0.182. The third kappa shape index (κ3) is 5.21. The summed E-state index contributed by atoms with van der Waals surface area (Å²) < 4.78 is 2.10. The summed E-state index contributed by atoms with van der Waals surface area (Å²) in [5.74, 6) is 0. The van der Waals surface area contributed by atoms with Crippen LogP contribution in [0.2, 0.25) is 5.02 Å². The molecule has 0 atom stereocenters. The molecule has 0 saturated carbocycles. The predicted molar refractivity (Wildman–Crippen MR) is 123 cm³/mol. The van der Waals surface area contributed by atoms with Crippen molar-refractivity contribution in [2.75, 3.05) is 5.32 Å². The van der Waals surface area contributed by atoms with Gasteiger partial charge >= 0.3 is 0 Å². The highest BCUT2D eigenvalue weighted by atomic mass is 35.5. The molecular weight excluding hydrogens is 388 g/mol. The van der Waals surface area contributed by atoms with Crippen LogP contribution in [0, 0.1) is 20.8 Å². The van der Waals surface area contributed by atoms with Crippen LogP contribution in [-0.2, 0) is 6.54 Å². The Kier molecular flexibility index (Phi) is 6.49. The van der Waals surface area contributed by atoms with E-state index in [-0.39, 0.29) is 0 Å². The minimum atomic E-state index is 0.458. The predicted octanol–water partition coefficient (Wildman–Crippen LogP) is 5.44. The molecule has 0 saturated heterocycles. The molecule has 0 amide bonds. The van der Waals surface area contributed by atoms with E-state index >= 15 is 0 Å². The molecule has 144 valence electrons. The van der Waals surface area contributed by atoms with E-state index in [1.807, 2.05) is 36.5 Å². The Hall–Kier alpha value is -2.63. The number of benzene rings is 2. The van der Waals surface area contributed by atoms with Crippen LogP contribution in [0.4, 0.5) is 5.69 Å². The number of hydrogen-bond acceptors (Lipinski definition) is 2. The van der Waals surface area contributed by atoms with Crippen molar-refractivity contribution in [2.45, 2.75) is 27.3 Å². The van der Waals surface area contributed by atoms with Crippen LogP contribution in [0.1, 0.15) is 27.9 Å². The maximum Gasteiger partial charge on any atom is 0.191 e. The van der Waals surface area contributed by atoms with Crippen molar-refractivity contribution in [1.82, 2.24) is 9.99 Å². The van der Waals surface area contributed by atoms with Crippen LogP contribution in [0.3, 0.4) is 0 Å². The number of nitrogens with zero attached hydrogens (tertiary/aromatic N) is 2. The lowest BCUT2D eigenvalue weighted by Crippen LogP contribution is -2.25. The van der Waals surface area contributed by atoms with Crippen molar-refractivity contribution in [2.24, 2.45) is 5.10 Å². The molecule has 3 aromatic rings. The van der Waals surface area contributed by atoms with Gasteiger partial charge in [-0.15, -0.1) is 0 Å². The first-order chi connectivity index (χ1) is 13.4. The molecule has 0 radical (unpaired) electrons. The van der Waals surface area contributed by atoms with Crippen molar-refractivity contribution in [3.63, 3.8) is 0 Å². The van der Waals surface area contributed by atoms with E-state index in [1.54, 1.807) is 6.21 Å². The van der Waals surface area contributed by atoms with Gasteiger partial charge in [-0.25, -0.2) is 0 Å². The van der Waals surface area contributed by atoms with Crippen LogP contribution in [-0.4, -0.2) is 15.9 Å². The zero-order chi connectivity index (χ0) is 20.1. The highest BCUT2D eigenvalue weighted by Crippen LogP contribution is 2.21. The topological polar surface area (TPSA) is 41.4 Å². The molecule has 0 spiro atoms. The number of hydrogen-bond donors (Lipinski definition) is 2. The van der Waals surface area contributed by atoms with Crippen molar-refractivity contribution >= 4 is 40.8 Å². The Labute approximate surface area is 176 Å². The third-order valence-corrected chi connectivity index (χ3v) is 4.81. The largest absolute Gasteiger partial charge is 0.342 e. The Bertz CT molecular complexity index is 1000. The van der Waals surface area contributed by atoms with Crippen LogP contribution >= 0.6 is 23.8 Å². The lowest BCUT2D eigenvalue weighted by molar-refractivity contribution is 0.799. The first-order valence-corrected chi connectivity index (χ1v) is 9.78. The summed E-state index contributed by atoms with van der Waals surface area (Å²) in [5, 5.41) is 8.71. The highest BCUT2D eigenvalue weighted by molar-refractivity contribution is 7.80. The average Bonchev–Trinajstić information content (AvgIpc) is 3.05. The highest BCUT2D eigenvalue weighted by Gasteiger charge is 2.05. The smallest absolute Gasteiger partial charge is 0.191 e. The van der Waals surface area contributed by atoms with Gasteiger partial charge in [-0.3, -0.25) is 5.43 Å². The van der Waals surface area contributed by atoms with Gasteiger partial charge in [-0.1, -0.05) is 41.4 Å². The van der Waals surface area contributed by atoms with Gasteiger partial charge in [0, 0.05) is 23.5 Å². The molecule has 0 aliphatic rings. The van der Waals surface area contributed by atoms with Gasteiger partial charge in [0.05, 0.1) is 11.9 Å². The Balaban J connectivity index is 1.63. The van der Waals surface area contributed by atoms with Crippen LogP contribution in [0.15, 0.2) is 59.8 Å². The number of aromatic nitrogens is 1. The monoisotopic (exact) mass is 410 g/mol. The molecule has 2 aromatic carbocycles. The fourth-order valence-electron chi connectivity index (χ4n) is 3.20. The summed E-state index contributed by atoms with van der Waals surface area (Å²) in [4.78, 5) is 0. The summed E-state index contributed by atoms with van der Waals surface area (Å²) in [6, 6.07) is 16.1. The first-order valence-electron chi connectivity index (χ1n) is 9.00. The van der Waals surface area contributed by atoms with E-state index in [1.165, 1.54) is 5.56 Å². The number of rotatable bonds is 5. The quantitative estimate of drug-likeness (QED) is 0.334. The molecular formula is C22H23ClN4S. The summed E-state index contributed by atoms with van der Waals surface area (Å²) >= 11 is 11.5. The lowest BCUT2D eigenvalue weighted by Gasteiger charge is -2.14. The average molecular weight is 411 g/mol. The molecule has 28 heavy (non-hydrogen) atoms. The molecule has 0 fully saturated rings. The minimum Gasteiger partial charge on any atom is -0.342 e. The molecule has 0 bridgehead atoms. The van der Waals surface area contributed by atoms with E-state index < -0.39 is 0 Å². The summed E-state index contributed by atoms with van der Waals surface area (Å²) in [6.07, 6.45) is 3.77. The minimum absolute atomic E-state index is 0.458. The van der Waals surface area contributed by atoms with Gasteiger partial charge in [0.1, 0.15) is 0 Å². The second-order valence-electron chi connectivity index (χ2n) is 6.79. The van der Waals surface area contributed by atoms with E-state index in [9.17, 15) is 0 Å². The number of thiocarbonyl (C=S) groups is 1. The molecule has 0 aliphatic heterocycles. The summed E-state index contributed by atoms with van der Waals surface area (Å²) in [7, 11) is 0. The molecule has 1 heterocycles. The zero-order valence-electron chi connectivity index (χ0n) is 16.2. The zero-order valence-corrected chi connectivity index (χ0v) is 17.7.